The van der Waals surface area contributed by atoms with Gasteiger partial charge in [-0.1, -0.05) is 49.8 Å². The number of allylic oxidation sites excluding steroid dienone is 2. The molecule has 0 radical (unpaired) electrons. The quantitative estimate of drug-likeness (QED) is 0.410. The van der Waals surface area contributed by atoms with Crippen LogP contribution in [0, 0.1) is 46.8 Å². The predicted octanol–water partition coefficient (Wildman–Crippen LogP) is 5.38. The van der Waals surface area contributed by atoms with E-state index < -0.39 is 5.60 Å². The number of rotatable bonds is 5. The fourth-order valence-electron chi connectivity index (χ4n) is 8.77. The second kappa shape index (κ2) is 9.58. The molecule has 4 fully saturated rings. The highest BCUT2D eigenvalue weighted by Crippen LogP contribution is 2.67. The van der Waals surface area contributed by atoms with Gasteiger partial charge in [-0.3, -0.25) is 4.79 Å². The van der Waals surface area contributed by atoms with Gasteiger partial charge in [0.25, 0.3) is 5.91 Å². The second-order valence-corrected chi connectivity index (χ2v) is 12.7. The van der Waals surface area contributed by atoms with Crippen LogP contribution in [0.3, 0.4) is 0 Å². The zero-order valence-corrected chi connectivity index (χ0v) is 21.8. The maximum atomic E-state index is 12.2. The molecule has 0 saturated heterocycles. The largest absolute Gasteiger partial charge is 0.385 e. The molecule has 5 nitrogen and oxygen atoms in total. The molecule has 4 saturated carbocycles. The summed E-state index contributed by atoms with van der Waals surface area (Å²) in [5.41, 5.74) is 1.58. The number of carbonyl (C=O) groups excluding carboxylic acids is 1. The van der Waals surface area contributed by atoms with E-state index in [4.69, 9.17) is 11.3 Å². The van der Waals surface area contributed by atoms with Crippen LogP contribution < -0.4 is 5.32 Å². The van der Waals surface area contributed by atoms with Crippen LogP contribution in [0.25, 0.3) is 0 Å². The molecule has 2 N–H and O–H groups in total. The summed E-state index contributed by atoms with van der Waals surface area (Å²) in [5.74, 6) is 5.15. The predicted molar refractivity (Wildman–Crippen MR) is 138 cm³/mol. The number of nitrogens with one attached hydrogen (secondary N) is 1. The minimum absolute atomic E-state index is 0.000287. The molecule has 0 aromatic rings. The second-order valence-electron chi connectivity index (χ2n) is 12.7. The summed E-state index contributed by atoms with van der Waals surface area (Å²) in [7, 11) is 0. The fourth-order valence-corrected chi connectivity index (χ4v) is 8.77. The van der Waals surface area contributed by atoms with Crippen LogP contribution in [0.2, 0.25) is 0 Å². The summed E-state index contributed by atoms with van der Waals surface area (Å²) in [6.07, 6.45) is 22.6. The van der Waals surface area contributed by atoms with Crippen LogP contribution >= 0.6 is 0 Å². The lowest BCUT2D eigenvalue weighted by atomic mass is 9.46. The van der Waals surface area contributed by atoms with E-state index in [9.17, 15) is 9.90 Å². The van der Waals surface area contributed by atoms with Crippen molar-refractivity contribution in [3.8, 4) is 12.3 Å². The van der Waals surface area contributed by atoms with E-state index in [0.717, 1.165) is 57.2 Å². The molecule has 35 heavy (non-hydrogen) atoms. The number of nitrogens with zero attached hydrogens (tertiary/aromatic N) is 1. The number of hydrogen-bond donors (Lipinski definition) is 2. The topological polar surface area (TPSA) is 70.9 Å². The first-order valence-electron chi connectivity index (χ1n) is 14.2. The fraction of sp³-hybridized carbons (Fsp3) is 0.800. The highest BCUT2D eigenvalue weighted by molar-refractivity contribution is 5.96. The Bertz CT molecular complexity index is 928. The molecule has 5 aliphatic rings. The molecule has 0 aliphatic heterocycles. The number of amides is 1. The van der Waals surface area contributed by atoms with Gasteiger partial charge in [-0.05, 0) is 99.4 Å². The van der Waals surface area contributed by atoms with Crippen LogP contribution in [0.15, 0.2) is 16.8 Å². The Labute approximate surface area is 211 Å². The van der Waals surface area contributed by atoms with Crippen molar-refractivity contribution in [2.45, 2.75) is 103 Å². The van der Waals surface area contributed by atoms with Gasteiger partial charge in [0.05, 0.1) is 5.71 Å². The summed E-state index contributed by atoms with van der Waals surface area (Å²) in [4.78, 5) is 17.7. The SMILES string of the molecule is C#C[C@]1(O)CC[C@H]2[C@@H]3CCC4=C/C(=N\OCC(=O)NCC5CCCCC5)CC[C@]4(C)[C@H]3CC[C@@]21C. The molecule has 0 aromatic carbocycles. The third-order valence-corrected chi connectivity index (χ3v) is 11.1. The molecule has 192 valence electrons. The highest BCUT2D eigenvalue weighted by Gasteiger charge is 2.63. The molecule has 5 aliphatic carbocycles. The molecule has 1 amide bonds. The Morgan fingerprint density at radius 1 is 1.11 bits per heavy atom. The van der Waals surface area contributed by atoms with E-state index in [2.05, 4.69) is 36.3 Å². The maximum Gasteiger partial charge on any atom is 0.260 e. The van der Waals surface area contributed by atoms with Gasteiger partial charge in [-0.25, -0.2) is 0 Å². The van der Waals surface area contributed by atoms with Crippen LogP contribution in [0.4, 0.5) is 0 Å². The van der Waals surface area contributed by atoms with Crippen molar-refractivity contribution < 1.29 is 14.7 Å². The van der Waals surface area contributed by atoms with E-state index >= 15 is 0 Å². The Morgan fingerprint density at radius 3 is 2.66 bits per heavy atom. The van der Waals surface area contributed by atoms with Crippen LogP contribution in [0.5, 0.6) is 0 Å². The number of carbonyl (C=O) groups is 1. The van der Waals surface area contributed by atoms with E-state index in [1.54, 1.807) is 0 Å². The molecular weight excluding hydrogens is 436 g/mol. The highest BCUT2D eigenvalue weighted by atomic mass is 16.6. The van der Waals surface area contributed by atoms with Gasteiger partial charge >= 0.3 is 0 Å². The van der Waals surface area contributed by atoms with Crippen molar-refractivity contribution in [2.24, 2.45) is 39.7 Å². The summed E-state index contributed by atoms with van der Waals surface area (Å²) in [5, 5.41) is 18.6. The molecule has 5 heteroatoms. The number of oxime groups is 1. The van der Waals surface area contributed by atoms with Gasteiger partial charge in [-0.15, -0.1) is 6.42 Å². The van der Waals surface area contributed by atoms with Crippen molar-refractivity contribution in [3.63, 3.8) is 0 Å². The summed E-state index contributed by atoms with van der Waals surface area (Å²) >= 11 is 0. The Morgan fingerprint density at radius 2 is 1.89 bits per heavy atom. The van der Waals surface area contributed by atoms with Crippen molar-refractivity contribution in [1.82, 2.24) is 5.32 Å². The number of terminal acetylenes is 1. The molecule has 6 atom stereocenters. The van der Waals surface area contributed by atoms with E-state index in [-0.39, 0.29) is 23.3 Å². The van der Waals surface area contributed by atoms with Gasteiger partial charge in [0.2, 0.25) is 0 Å². The van der Waals surface area contributed by atoms with Crippen LogP contribution in [-0.2, 0) is 9.63 Å². The van der Waals surface area contributed by atoms with Gasteiger partial charge < -0.3 is 15.3 Å². The molecule has 0 aromatic heterocycles. The van der Waals surface area contributed by atoms with Gasteiger partial charge in [0, 0.05) is 12.0 Å². The average Bonchev–Trinajstić information content (AvgIpc) is 3.14. The van der Waals surface area contributed by atoms with Crippen molar-refractivity contribution in [3.05, 3.63) is 11.6 Å². The Hall–Kier alpha value is -1.80. The standard InChI is InChI=1S/C30H44N2O3/c1-4-30(34)17-14-26-24-11-10-22-18-23(12-15-28(22,2)25(24)13-16-29(26,30)3)32-35-20-27(33)31-19-21-8-6-5-7-9-21/h1,18,21,24-26,34H,5-17,19-20H2,2-3H3,(H,31,33)/b32-23-/t24-,25+,26+,28+,29+,30+/m1/s1. The van der Waals surface area contributed by atoms with Crippen LogP contribution in [0.1, 0.15) is 97.3 Å². The number of hydrogen-bond acceptors (Lipinski definition) is 4. The number of aliphatic hydroxyl groups is 1. The third kappa shape index (κ3) is 4.35. The van der Waals surface area contributed by atoms with Gasteiger partial charge in [0.1, 0.15) is 5.60 Å². The summed E-state index contributed by atoms with van der Waals surface area (Å²) in [6, 6.07) is 0. The lowest BCUT2D eigenvalue weighted by Gasteiger charge is -2.58. The lowest BCUT2D eigenvalue weighted by Crippen LogP contribution is -2.54. The van der Waals surface area contributed by atoms with E-state index in [1.807, 2.05) is 0 Å². The van der Waals surface area contributed by atoms with E-state index in [0.29, 0.717) is 23.7 Å². The Balaban J connectivity index is 1.19. The molecular formula is C30H44N2O3. The zero-order valence-electron chi connectivity index (χ0n) is 21.8. The van der Waals surface area contributed by atoms with E-state index in [1.165, 1.54) is 44.1 Å². The zero-order chi connectivity index (χ0) is 24.7. The molecule has 0 heterocycles. The van der Waals surface area contributed by atoms with Crippen molar-refractivity contribution in [1.29, 1.82) is 0 Å². The van der Waals surface area contributed by atoms with Gasteiger partial charge in [-0.2, -0.15) is 0 Å². The third-order valence-electron chi connectivity index (χ3n) is 11.1. The monoisotopic (exact) mass is 480 g/mol. The number of fused-ring (bicyclic) bond motifs is 5. The minimum atomic E-state index is -0.938. The first-order valence-corrected chi connectivity index (χ1v) is 14.2. The lowest BCUT2D eigenvalue weighted by molar-refractivity contribution is -0.125. The van der Waals surface area contributed by atoms with Crippen LogP contribution in [-0.4, -0.2) is 35.5 Å². The Kier molecular flexibility index (Phi) is 6.81. The maximum absolute atomic E-state index is 12.2. The van der Waals surface area contributed by atoms with Gasteiger partial charge in [0.15, 0.2) is 6.61 Å². The normalized spacial score (nSPS) is 42.3. The molecule has 0 spiro atoms. The first-order chi connectivity index (χ1) is 16.8. The smallest absolute Gasteiger partial charge is 0.260 e. The van der Waals surface area contributed by atoms with Crippen molar-refractivity contribution in [2.75, 3.05) is 13.2 Å². The molecule has 0 unspecified atom stereocenters. The summed E-state index contributed by atoms with van der Waals surface area (Å²) < 4.78 is 0. The minimum Gasteiger partial charge on any atom is -0.385 e. The first kappa shape index (κ1) is 24.9. The van der Waals surface area contributed by atoms with Crippen molar-refractivity contribution >= 4 is 11.6 Å². The molecule has 0 bridgehead atoms. The molecule has 5 rings (SSSR count). The summed E-state index contributed by atoms with van der Waals surface area (Å²) in [6.45, 7) is 5.47. The average molecular weight is 481 g/mol.